The zero-order valence-corrected chi connectivity index (χ0v) is 37.4. The molecule has 0 atom stereocenters. The predicted octanol–water partition coefficient (Wildman–Crippen LogP) is 13.2. The van der Waals surface area contributed by atoms with Gasteiger partial charge in [0.2, 0.25) is 0 Å². The van der Waals surface area contributed by atoms with Crippen LogP contribution in [0.25, 0.3) is 42.6 Å². The zero-order valence-electron chi connectivity index (χ0n) is 33.2. The van der Waals surface area contributed by atoms with Gasteiger partial charge in [0.1, 0.15) is 0 Å². The molecule has 5 aromatic rings. The molecule has 0 spiro atoms. The summed E-state index contributed by atoms with van der Waals surface area (Å²) in [4.78, 5) is 16.5. The number of fused-ring (bicyclic) bond motifs is 2. The van der Waals surface area contributed by atoms with Gasteiger partial charge in [-0.15, -0.1) is 40.5 Å². The molecule has 0 amide bonds. The van der Waals surface area contributed by atoms with Crippen molar-refractivity contribution in [2.45, 2.75) is 106 Å². The van der Waals surface area contributed by atoms with Crippen LogP contribution in [0.2, 0.25) is 19.6 Å². The van der Waals surface area contributed by atoms with Crippen LogP contribution < -0.4 is 5.19 Å². The van der Waals surface area contributed by atoms with Crippen molar-refractivity contribution in [3.05, 3.63) is 94.9 Å². The van der Waals surface area contributed by atoms with Crippen LogP contribution in [0.15, 0.2) is 54.4 Å². The fraction of sp³-hybridized carbons (Fsp3) is 0.409. The number of hydrogen-bond acceptors (Lipinski definition) is 4. The molecule has 54 heavy (non-hydrogen) atoms. The summed E-state index contributed by atoms with van der Waals surface area (Å²) in [5, 5.41) is 12.1. The third-order valence-corrected chi connectivity index (χ3v) is 13.3. The molecule has 1 N–H and O–H groups in total. The Labute approximate surface area is 336 Å². The van der Waals surface area contributed by atoms with Crippen molar-refractivity contribution in [3.63, 3.8) is 0 Å². The Kier molecular flexibility index (Phi) is 15.2. The summed E-state index contributed by atoms with van der Waals surface area (Å²) in [6, 6.07) is 15.3. The van der Waals surface area contributed by atoms with Gasteiger partial charge in [0.15, 0.2) is 29.1 Å². The number of aliphatic hydroxyl groups excluding tert-OH is 1. The number of carbonyl (C=O) groups is 1. The maximum Gasteiger partial charge on any atom is 0.170 e. The zero-order chi connectivity index (χ0) is 39.6. The normalized spacial score (nSPS) is 12.4. The van der Waals surface area contributed by atoms with Gasteiger partial charge in [-0.2, -0.15) is 0 Å². The number of halogens is 4. The first-order valence-electron chi connectivity index (χ1n) is 18.5. The number of pyridine rings is 1. The Morgan fingerprint density at radius 1 is 0.889 bits per heavy atom. The Bertz CT molecular complexity index is 2130. The maximum absolute atomic E-state index is 15.4. The third kappa shape index (κ3) is 9.26. The van der Waals surface area contributed by atoms with E-state index in [1.54, 1.807) is 38.8 Å². The largest absolute Gasteiger partial charge is 0.512 e. The van der Waals surface area contributed by atoms with Crippen molar-refractivity contribution < 1.29 is 47.6 Å². The quantitative estimate of drug-likeness (QED) is 0.0379. The van der Waals surface area contributed by atoms with E-state index in [2.05, 4.69) is 44.0 Å². The molecule has 0 saturated heterocycles. The summed E-state index contributed by atoms with van der Waals surface area (Å²) < 4.78 is 61.9. The van der Waals surface area contributed by atoms with Crippen molar-refractivity contribution in [2.24, 2.45) is 11.8 Å². The number of benzene rings is 3. The maximum atomic E-state index is 15.4. The molecule has 0 saturated carbocycles. The van der Waals surface area contributed by atoms with Crippen molar-refractivity contribution in [3.8, 4) is 21.7 Å². The molecule has 0 aliphatic carbocycles. The number of rotatable bonds is 10. The number of aliphatic hydroxyl groups is 1. The van der Waals surface area contributed by atoms with E-state index < -0.39 is 42.1 Å². The van der Waals surface area contributed by atoms with Crippen LogP contribution in [0.3, 0.4) is 0 Å². The van der Waals surface area contributed by atoms with E-state index in [-0.39, 0.29) is 53.8 Å². The Morgan fingerprint density at radius 3 is 1.96 bits per heavy atom. The molecule has 2 heterocycles. The Balaban J connectivity index is 0.000000418. The minimum atomic E-state index is -2.69. The molecule has 1 radical (unpaired) electrons. The van der Waals surface area contributed by atoms with Crippen LogP contribution >= 0.6 is 11.3 Å². The number of aromatic nitrogens is 1. The second-order valence-electron chi connectivity index (χ2n) is 15.7. The first kappa shape index (κ1) is 45.2. The van der Waals surface area contributed by atoms with Crippen molar-refractivity contribution >= 4 is 51.2 Å². The number of hydrogen-bond donors (Lipinski definition) is 1. The molecule has 293 valence electrons. The monoisotopic (exact) mass is 955 g/mol. The van der Waals surface area contributed by atoms with Gasteiger partial charge in [-0.3, -0.25) is 9.78 Å². The average molecular weight is 955 g/mol. The second-order valence-corrected chi connectivity index (χ2v) is 21.8. The fourth-order valence-corrected chi connectivity index (χ4v) is 9.70. The molecule has 0 fully saturated rings. The van der Waals surface area contributed by atoms with Gasteiger partial charge in [0.05, 0.1) is 19.4 Å². The van der Waals surface area contributed by atoms with E-state index in [0.717, 1.165) is 64.3 Å². The summed E-state index contributed by atoms with van der Waals surface area (Å²) in [5.74, 6) is -4.75. The molecule has 0 aliphatic heterocycles. The van der Waals surface area contributed by atoms with Crippen molar-refractivity contribution in [2.75, 3.05) is 0 Å². The molecule has 3 aromatic carbocycles. The molecular formula is C44H52F4IrNO2SSi-. The molecule has 5 rings (SSSR count). The molecule has 10 heteroatoms. The third-order valence-electron chi connectivity index (χ3n) is 10.0. The minimum absolute atomic E-state index is 0. The molecule has 0 unspecified atom stereocenters. The number of allylic oxidation sites excluding steroid dienone is 2. The molecule has 0 aliphatic rings. The molecule has 2 aromatic heterocycles. The first-order chi connectivity index (χ1) is 24.8. The Morgan fingerprint density at radius 2 is 1.44 bits per heavy atom. The smallest absolute Gasteiger partial charge is 0.170 e. The number of aryl methyl sites for hydroxylation is 1. The number of ketones is 1. The summed E-state index contributed by atoms with van der Waals surface area (Å²) in [6.07, 6.45) is 6.55. The topological polar surface area (TPSA) is 50.2 Å². The van der Waals surface area contributed by atoms with Crippen LogP contribution in [0, 0.1) is 48.1 Å². The molecular weight excluding hydrogens is 903 g/mol. The van der Waals surface area contributed by atoms with Gasteiger partial charge in [-0.1, -0.05) is 97.3 Å². The Hall–Kier alpha value is -3.17. The van der Waals surface area contributed by atoms with Crippen LogP contribution in [0.5, 0.6) is 0 Å². The molecule has 0 bridgehead atoms. The van der Waals surface area contributed by atoms with Gasteiger partial charge >= 0.3 is 0 Å². The van der Waals surface area contributed by atoms with Gasteiger partial charge in [0, 0.05) is 64.7 Å². The molecule has 3 nitrogen and oxygen atoms in total. The van der Waals surface area contributed by atoms with Gasteiger partial charge < -0.3 is 5.11 Å². The van der Waals surface area contributed by atoms with Gasteiger partial charge in [-0.25, -0.2) is 17.6 Å². The van der Waals surface area contributed by atoms with Gasteiger partial charge in [0.25, 0.3) is 0 Å². The number of carbonyl (C=O) groups excluding carboxylic acids is 1. The van der Waals surface area contributed by atoms with Crippen molar-refractivity contribution in [1.82, 2.24) is 4.98 Å². The summed E-state index contributed by atoms with van der Waals surface area (Å²) >= 11 is 1.09. The second kappa shape index (κ2) is 18.2. The average Bonchev–Trinajstić information content (AvgIpc) is 3.43. The van der Waals surface area contributed by atoms with E-state index in [0.29, 0.717) is 16.0 Å². The minimum Gasteiger partial charge on any atom is -0.512 e. The standard InChI is InChI=1S/C31H28F4NSSi.C13H24O2.Ir/c1-16-19-12-13-36-27(18-14-17-10-8-9-11-20(17)21(15-18)31(2,3)4)29(19)37-28(16)22-23(32)25(34)30(38(5,6)7)26(35)24(22)33;1-5-10(6-2)12(14)9-13(15)11(7-3)8-4;/h8-13,15H,1-7H3;9-11,14H,5-8H2,1-4H3;/q-1;;/b;12-9-;. The SMILES string of the molecule is CCC(CC)C(=O)/C=C(\O)C(CC)CC.Cc1c(-c2c(F)c(F)c([Si](C)(C)C)c(F)c2F)sc2c(-c3[c-]c4ccccc4c(C(C)(C)C)c3)nccc12.[Ir]. The van der Waals surface area contributed by atoms with E-state index in [1.807, 2.05) is 45.9 Å². The predicted molar refractivity (Wildman–Crippen MR) is 217 cm³/mol. The van der Waals surface area contributed by atoms with E-state index >= 15 is 17.6 Å². The van der Waals surface area contributed by atoms with Crippen LogP contribution in [0.1, 0.15) is 85.3 Å². The van der Waals surface area contributed by atoms with E-state index in [1.165, 1.54) is 6.08 Å². The number of thiophene rings is 1. The summed E-state index contributed by atoms with van der Waals surface area (Å²) in [7, 11) is -2.69. The van der Waals surface area contributed by atoms with Crippen LogP contribution in [-0.2, 0) is 30.3 Å². The van der Waals surface area contributed by atoms with Crippen molar-refractivity contribution in [1.29, 1.82) is 0 Å². The number of nitrogens with zero attached hydrogens (tertiary/aromatic N) is 1. The van der Waals surface area contributed by atoms with Crippen LogP contribution in [0.4, 0.5) is 17.6 Å². The van der Waals surface area contributed by atoms with E-state index in [4.69, 9.17) is 0 Å². The fourth-order valence-electron chi connectivity index (χ4n) is 6.83. The summed E-state index contributed by atoms with van der Waals surface area (Å²) in [5.41, 5.74) is 2.20. The van der Waals surface area contributed by atoms with Crippen LogP contribution in [-0.4, -0.2) is 23.9 Å². The van der Waals surface area contributed by atoms with Gasteiger partial charge in [-0.05, 0) is 55.0 Å². The first-order valence-corrected chi connectivity index (χ1v) is 22.8. The summed E-state index contributed by atoms with van der Waals surface area (Å²) in [6.45, 7) is 21.2. The van der Waals surface area contributed by atoms with E-state index in [9.17, 15) is 9.90 Å².